The molecule has 4 aliphatic heterocycles. The highest BCUT2D eigenvalue weighted by atomic mass is 32.1. The van der Waals surface area contributed by atoms with Crippen molar-refractivity contribution in [2.45, 2.75) is 57.1 Å². The molecule has 4 saturated heterocycles. The Balaban J connectivity index is 1.22. The number of nitrogens with zero attached hydrogens (tertiary/aromatic N) is 2. The molecule has 2 unspecified atom stereocenters. The van der Waals surface area contributed by atoms with E-state index in [2.05, 4.69) is 29.3 Å². The molecule has 2 bridgehead atoms. The third-order valence-corrected chi connectivity index (χ3v) is 9.56. The Bertz CT molecular complexity index is 920. The molecule has 5 nitrogen and oxygen atoms in total. The van der Waals surface area contributed by atoms with Crippen molar-refractivity contribution < 1.29 is 18.8 Å². The Morgan fingerprint density at radius 3 is 2.56 bits per heavy atom. The highest BCUT2D eigenvalue weighted by molar-refractivity contribution is 7.10. The van der Waals surface area contributed by atoms with Crippen molar-refractivity contribution >= 4 is 17.3 Å². The fourth-order valence-corrected chi connectivity index (χ4v) is 7.21. The summed E-state index contributed by atoms with van der Waals surface area (Å²) in [7, 11) is 0. The van der Waals surface area contributed by atoms with E-state index in [1.54, 1.807) is 11.3 Å². The van der Waals surface area contributed by atoms with Crippen LogP contribution in [0.2, 0.25) is 0 Å². The number of esters is 1. The second-order valence-electron chi connectivity index (χ2n) is 10.6. The summed E-state index contributed by atoms with van der Waals surface area (Å²) < 4.78 is 13.5. The van der Waals surface area contributed by atoms with Crippen LogP contribution in [0.4, 0.5) is 0 Å². The van der Waals surface area contributed by atoms with Crippen molar-refractivity contribution in [3.63, 3.8) is 0 Å². The normalized spacial score (nSPS) is 28.9. The number of fused-ring (bicyclic) bond motifs is 3. The van der Waals surface area contributed by atoms with E-state index in [-0.39, 0.29) is 12.1 Å². The van der Waals surface area contributed by atoms with E-state index >= 15 is 0 Å². The molecular formula is C28H39N2O3S+. The van der Waals surface area contributed by atoms with Crippen LogP contribution in [-0.4, -0.2) is 67.3 Å². The first kappa shape index (κ1) is 23.8. The standard InChI is InChI=1S/C28H39N2O3S/c1-28(26-12-8-21-34-26,29-15-6-3-7-16-29)27(31)33-25-22-30(18-13-23(25)14-19-30)17-9-20-32-24-10-4-2-5-11-24/h2,4-5,8,10-12,21,23,25H,3,6-7,9,13-20,22H2,1H3/q+1. The van der Waals surface area contributed by atoms with Crippen LogP contribution in [0.15, 0.2) is 47.8 Å². The topological polar surface area (TPSA) is 38.8 Å². The number of para-hydroxylation sites is 1. The summed E-state index contributed by atoms with van der Waals surface area (Å²) in [4.78, 5) is 17.3. The van der Waals surface area contributed by atoms with Gasteiger partial charge in [-0.3, -0.25) is 4.90 Å². The Morgan fingerprint density at radius 2 is 1.85 bits per heavy atom. The van der Waals surface area contributed by atoms with Crippen LogP contribution in [0.1, 0.15) is 50.3 Å². The second kappa shape index (κ2) is 10.4. The molecule has 2 atom stereocenters. The van der Waals surface area contributed by atoms with Crippen LogP contribution in [-0.2, 0) is 15.1 Å². The molecular weight excluding hydrogens is 444 g/mol. The Hall–Kier alpha value is -1.89. The lowest BCUT2D eigenvalue weighted by atomic mass is 9.82. The van der Waals surface area contributed by atoms with E-state index in [0.29, 0.717) is 5.92 Å². The van der Waals surface area contributed by atoms with Gasteiger partial charge in [0.1, 0.15) is 12.3 Å². The van der Waals surface area contributed by atoms with Gasteiger partial charge in [-0.15, -0.1) is 11.3 Å². The molecule has 0 spiro atoms. The van der Waals surface area contributed by atoms with Gasteiger partial charge in [-0.1, -0.05) is 30.7 Å². The molecule has 2 aromatic rings. The Morgan fingerprint density at radius 1 is 1.09 bits per heavy atom. The maximum Gasteiger partial charge on any atom is 0.332 e. The van der Waals surface area contributed by atoms with E-state index in [0.717, 1.165) is 80.0 Å². The predicted octanol–water partition coefficient (Wildman–Crippen LogP) is 5.07. The summed E-state index contributed by atoms with van der Waals surface area (Å²) in [5.41, 5.74) is -0.672. The molecule has 1 aromatic carbocycles. The van der Waals surface area contributed by atoms with Gasteiger partial charge in [-0.2, -0.15) is 0 Å². The number of benzene rings is 1. The average Bonchev–Trinajstić information content (AvgIpc) is 3.44. The maximum absolute atomic E-state index is 13.8. The first-order valence-electron chi connectivity index (χ1n) is 13.1. The van der Waals surface area contributed by atoms with Gasteiger partial charge in [0.2, 0.25) is 0 Å². The maximum atomic E-state index is 13.8. The fourth-order valence-electron chi connectivity index (χ4n) is 6.31. The largest absolute Gasteiger partial charge is 0.493 e. The van der Waals surface area contributed by atoms with Crippen LogP contribution in [0.25, 0.3) is 0 Å². The first-order valence-corrected chi connectivity index (χ1v) is 14.0. The van der Waals surface area contributed by atoms with E-state index in [1.165, 1.54) is 19.5 Å². The summed E-state index contributed by atoms with van der Waals surface area (Å²) in [6, 6.07) is 14.2. The van der Waals surface area contributed by atoms with Gasteiger partial charge in [0, 0.05) is 30.1 Å². The molecule has 4 fully saturated rings. The lowest BCUT2D eigenvalue weighted by Gasteiger charge is -2.52. The molecule has 6 rings (SSSR count). The highest BCUT2D eigenvalue weighted by Gasteiger charge is 2.50. The fraction of sp³-hybridized carbons (Fsp3) is 0.607. The minimum Gasteiger partial charge on any atom is -0.493 e. The summed E-state index contributed by atoms with van der Waals surface area (Å²) in [6.07, 6.45) is 6.96. The highest BCUT2D eigenvalue weighted by Crippen LogP contribution is 2.39. The molecule has 34 heavy (non-hydrogen) atoms. The van der Waals surface area contributed by atoms with Gasteiger partial charge in [-0.05, 0) is 56.4 Å². The van der Waals surface area contributed by atoms with Crippen molar-refractivity contribution in [2.75, 3.05) is 45.9 Å². The first-order chi connectivity index (χ1) is 16.6. The zero-order valence-corrected chi connectivity index (χ0v) is 21.3. The van der Waals surface area contributed by atoms with Crippen LogP contribution < -0.4 is 4.74 Å². The average molecular weight is 484 g/mol. The van der Waals surface area contributed by atoms with Gasteiger partial charge in [0.05, 0.1) is 26.2 Å². The monoisotopic (exact) mass is 483 g/mol. The summed E-state index contributed by atoms with van der Waals surface area (Å²) in [6.45, 7) is 9.25. The number of piperidine rings is 4. The van der Waals surface area contributed by atoms with E-state index in [9.17, 15) is 4.79 Å². The van der Waals surface area contributed by atoms with Gasteiger partial charge < -0.3 is 14.0 Å². The summed E-state index contributed by atoms with van der Waals surface area (Å²) in [5, 5.41) is 2.08. The van der Waals surface area contributed by atoms with E-state index < -0.39 is 5.54 Å². The van der Waals surface area contributed by atoms with E-state index in [1.807, 2.05) is 30.3 Å². The quantitative estimate of drug-likeness (QED) is 0.284. The van der Waals surface area contributed by atoms with Crippen molar-refractivity contribution in [1.29, 1.82) is 0 Å². The molecule has 5 heterocycles. The van der Waals surface area contributed by atoms with Gasteiger partial charge >= 0.3 is 5.97 Å². The van der Waals surface area contributed by atoms with Crippen LogP contribution in [0, 0.1) is 5.92 Å². The minimum absolute atomic E-state index is 0.0362. The van der Waals surface area contributed by atoms with Crippen molar-refractivity contribution in [1.82, 2.24) is 4.90 Å². The Labute approximate surface area is 208 Å². The molecule has 1 aromatic heterocycles. The molecule has 0 saturated carbocycles. The molecule has 0 radical (unpaired) electrons. The third kappa shape index (κ3) is 4.91. The molecule has 0 aliphatic carbocycles. The number of likely N-dealkylation sites (tertiary alicyclic amines) is 1. The number of rotatable bonds is 9. The summed E-state index contributed by atoms with van der Waals surface area (Å²) in [5.74, 6) is 1.41. The molecule has 6 heteroatoms. The molecule has 0 amide bonds. The van der Waals surface area contributed by atoms with Crippen molar-refractivity contribution in [2.24, 2.45) is 5.92 Å². The number of hydrogen-bond acceptors (Lipinski definition) is 5. The smallest absolute Gasteiger partial charge is 0.332 e. The zero-order chi connectivity index (χ0) is 23.4. The lowest BCUT2D eigenvalue weighted by Crippen LogP contribution is -2.65. The van der Waals surface area contributed by atoms with E-state index in [4.69, 9.17) is 9.47 Å². The van der Waals surface area contributed by atoms with Gasteiger partial charge in [0.15, 0.2) is 11.6 Å². The molecule has 0 N–H and O–H groups in total. The number of hydrogen-bond donors (Lipinski definition) is 0. The van der Waals surface area contributed by atoms with Gasteiger partial charge in [-0.25, -0.2) is 4.79 Å². The minimum atomic E-state index is -0.672. The van der Waals surface area contributed by atoms with Crippen molar-refractivity contribution in [3.8, 4) is 5.75 Å². The molecule has 184 valence electrons. The zero-order valence-electron chi connectivity index (χ0n) is 20.5. The van der Waals surface area contributed by atoms with Crippen molar-refractivity contribution in [3.05, 3.63) is 52.7 Å². The predicted molar refractivity (Wildman–Crippen MR) is 136 cm³/mol. The number of carbonyl (C=O) groups is 1. The second-order valence-corrected chi connectivity index (χ2v) is 11.5. The Kier molecular flexibility index (Phi) is 7.28. The number of carbonyl (C=O) groups excluding carboxylic acids is 1. The van der Waals surface area contributed by atoms with Crippen LogP contribution in [0.5, 0.6) is 5.75 Å². The lowest BCUT2D eigenvalue weighted by molar-refractivity contribution is -0.946. The van der Waals surface area contributed by atoms with Crippen LogP contribution in [0.3, 0.4) is 0 Å². The number of ether oxygens (including phenoxy) is 2. The summed E-state index contributed by atoms with van der Waals surface area (Å²) >= 11 is 1.68. The number of quaternary nitrogens is 1. The third-order valence-electron chi connectivity index (χ3n) is 8.48. The number of thiophene rings is 1. The van der Waals surface area contributed by atoms with Crippen LogP contribution >= 0.6 is 11.3 Å². The molecule has 4 aliphatic rings. The van der Waals surface area contributed by atoms with Gasteiger partial charge in [0.25, 0.3) is 0 Å². The SMILES string of the molecule is CC(C(=O)OC1C[N+]2(CCCOc3ccccc3)CCC1CC2)(c1cccs1)N1CCCCC1.